The Morgan fingerprint density at radius 3 is 3.16 bits per heavy atom. The van der Waals surface area contributed by atoms with Gasteiger partial charge in [0.2, 0.25) is 5.82 Å². The van der Waals surface area contributed by atoms with E-state index < -0.39 is 5.91 Å². The van der Waals surface area contributed by atoms with Gasteiger partial charge in [0.25, 0.3) is 5.91 Å². The molecule has 1 aromatic heterocycles. The molecule has 0 aromatic carbocycles. The Hall–Kier alpha value is -1.47. The Morgan fingerprint density at radius 1 is 1.63 bits per heavy atom. The molecule has 19 heavy (non-hydrogen) atoms. The summed E-state index contributed by atoms with van der Waals surface area (Å²) in [5.41, 5.74) is 5.16. The maximum Gasteiger partial charge on any atom is 0.288 e. The predicted molar refractivity (Wildman–Crippen MR) is 69.7 cm³/mol. The molecule has 2 heterocycles. The van der Waals surface area contributed by atoms with E-state index in [1.807, 2.05) is 0 Å². The molecule has 1 saturated heterocycles. The number of hydrogen-bond acceptors (Lipinski definition) is 5. The molecule has 0 unspecified atom stereocenters. The maximum atomic E-state index is 11.0. The number of carbonyl (C=O) groups excluding carboxylic acids is 1. The van der Waals surface area contributed by atoms with Crippen molar-refractivity contribution in [3.05, 3.63) is 12.2 Å². The quantitative estimate of drug-likeness (QED) is 0.736. The minimum absolute atomic E-state index is 0.0940. The van der Waals surface area contributed by atoms with Crippen LogP contribution in [0.4, 0.5) is 0 Å². The fourth-order valence-corrected chi connectivity index (χ4v) is 2.45. The Bertz CT molecular complexity index is 420. The van der Waals surface area contributed by atoms with Gasteiger partial charge in [0.05, 0.1) is 6.04 Å². The SMILES string of the molecule is COCCCN1CCC[C@@H](n2cnc(C(N)=O)n2)C1. The lowest BCUT2D eigenvalue weighted by molar-refractivity contribution is 0.0988. The van der Waals surface area contributed by atoms with E-state index in [9.17, 15) is 4.79 Å². The molecular weight excluding hydrogens is 246 g/mol. The molecule has 0 bridgehead atoms. The van der Waals surface area contributed by atoms with Gasteiger partial charge in [-0.05, 0) is 25.8 Å². The zero-order valence-electron chi connectivity index (χ0n) is 11.3. The highest BCUT2D eigenvalue weighted by molar-refractivity contribution is 5.88. The summed E-state index contributed by atoms with van der Waals surface area (Å²) in [5.74, 6) is -0.483. The number of amides is 1. The van der Waals surface area contributed by atoms with Crippen molar-refractivity contribution in [2.75, 3.05) is 33.4 Å². The van der Waals surface area contributed by atoms with Gasteiger partial charge in [-0.25, -0.2) is 9.67 Å². The van der Waals surface area contributed by atoms with Crippen molar-refractivity contribution in [1.29, 1.82) is 0 Å². The minimum Gasteiger partial charge on any atom is -0.385 e. The van der Waals surface area contributed by atoms with Crippen LogP contribution in [0.3, 0.4) is 0 Å². The Kier molecular flexibility index (Phi) is 4.86. The zero-order chi connectivity index (χ0) is 13.7. The van der Waals surface area contributed by atoms with Gasteiger partial charge in [-0.1, -0.05) is 0 Å². The third kappa shape index (κ3) is 3.74. The number of nitrogens with two attached hydrogens (primary N) is 1. The molecule has 1 atom stereocenters. The molecule has 1 aromatic rings. The number of carbonyl (C=O) groups is 1. The Balaban J connectivity index is 1.90. The van der Waals surface area contributed by atoms with Crippen molar-refractivity contribution in [2.45, 2.75) is 25.3 Å². The lowest BCUT2D eigenvalue weighted by Gasteiger charge is -2.32. The van der Waals surface area contributed by atoms with Crippen molar-refractivity contribution < 1.29 is 9.53 Å². The first-order valence-electron chi connectivity index (χ1n) is 6.63. The van der Waals surface area contributed by atoms with Crippen LogP contribution in [0.25, 0.3) is 0 Å². The topological polar surface area (TPSA) is 86.3 Å². The van der Waals surface area contributed by atoms with Gasteiger partial charge in [0.15, 0.2) is 0 Å². The second-order valence-electron chi connectivity index (χ2n) is 4.86. The monoisotopic (exact) mass is 267 g/mol. The first kappa shape index (κ1) is 14.0. The first-order chi connectivity index (χ1) is 9.20. The standard InChI is InChI=1S/C12H21N5O2/c1-19-7-3-6-16-5-2-4-10(8-16)17-9-14-12(15-17)11(13)18/h9-10H,2-8H2,1H3,(H2,13,18)/t10-/m1/s1. The summed E-state index contributed by atoms with van der Waals surface area (Å²) in [6.07, 6.45) is 4.82. The van der Waals surface area contributed by atoms with Crippen LogP contribution in [0.2, 0.25) is 0 Å². The van der Waals surface area contributed by atoms with Crippen LogP contribution >= 0.6 is 0 Å². The van der Waals surface area contributed by atoms with Crippen LogP contribution in [0, 0.1) is 0 Å². The Labute approximate surface area is 112 Å². The minimum atomic E-state index is -0.577. The number of ether oxygens (including phenoxy) is 1. The molecule has 106 valence electrons. The number of primary amides is 1. The van der Waals surface area contributed by atoms with Gasteiger partial charge in [-0.3, -0.25) is 4.79 Å². The van der Waals surface area contributed by atoms with E-state index in [0.29, 0.717) is 0 Å². The van der Waals surface area contributed by atoms with E-state index in [1.165, 1.54) is 0 Å². The molecule has 2 N–H and O–H groups in total. The highest BCUT2D eigenvalue weighted by Crippen LogP contribution is 2.20. The molecule has 0 saturated carbocycles. The van der Waals surface area contributed by atoms with E-state index in [2.05, 4.69) is 15.0 Å². The molecule has 0 aliphatic carbocycles. The molecule has 0 radical (unpaired) electrons. The first-order valence-corrected chi connectivity index (χ1v) is 6.63. The van der Waals surface area contributed by atoms with Crippen molar-refractivity contribution in [1.82, 2.24) is 19.7 Å². The fraction of sp³-hybridized carbons (Fsp3) is 0.750. The van der Waals surface area contributed by atoms with Crippen LogP contribution < -0.4 is 5.73 Å². The number of nitrogens with zero attached hydrogens (tertiary/aromatic N) is 4. The molecule has 1 aliphatic heterocycles. The smallest absolute Gasteiger partial charge is 0.288 e. The normalized spacial score (nSPS) is 20.6. The highest BCUT2D eigenvalue weighted by Gasteiger charge is 2.22. The fourth-order valence-electron chi connectivity index (χ4n) is 2.45. The maximum absolute atomic E-state index is 11.0. The van der Waals surface area contributed by atoms with Crippen molar-refractivity contribution in [3.8, 4) is 0 Å². The lowest BCUT2D eigenvalue weighted by atomic mass is 10.1. The van der Waals surface area contributed by atoms with Crippen LogP contribution in [0.5, 0.6) is 0 Å². The van der Waals surface area contributed by atoms with E-state index in [1.54, 1.807) is 18.1 Å². The number of rotatable bonds is 6. The van der Waals surface area contributed by atoms with E-state index >= 15 is 0 Å². The number of hydrogen-bond donors (Lipinski definition) is 1. The van der Waals surface area contributed by atoms with E-state index in [0.717, 1.165) is 45.5 Å². The van der Waals surface area contributed by atoms with E-state index in [4.69, 9.17) is 10.5 Å². The second kappa shape index (κ2) is 6.63. The van der Waals surface area contributed by atoms with Crippen molar-refractivity contribution in [3.63, 3.8) is 0 Å². The van der Waals surface area contributed by atoms with Gasteiger partial charge in [-0.15, -0.1) is 5.10 Å². The van der Waals surface area contributed by atoms with Crippen LogP contribution in [-0.2, 0) is 4.74 Å². The molecule has 1 fully saturated rings. The molecule has 1 aliphatic rings. The van der Waals surface area contributed by atoms with Crippen LogP contribution in [0.1, 0.15) is 35.9 Å². The van der Waals surface area contributed by atoms with Gasteiger partial charge in [-0.2, -0.15) is 0 Å². The van der Waals surface area contributed by atoms with Gasteiger partial charge in [0.1, 0.15) is 6.33 Å². The summed E-state index contributed by atoms with van der Waals surface area (Å²) < 4.78 is 6.83. The lowest BCUT2D eigenvalue weighted by Crippen LogP contribution is -2.37. The van der Waals surface area contributed by atoms with Gasteiger partial charge >= 0.3 is 0 Å². The number of likely N-dealkylation sites (tertiary alicyclic amines) is 1. The Morgan fingerprint density at radius 2 is 2.47 bits per heavy atom. The van der Waals surface area contributed by atoms with E-state index in [-0.39, 0.29) is 11.9 Å². The van der Waals surface area contributed by atoms with Gasteiger partial charge < -0.3 is 15.4 Å². The average molecular weight is 267 g/mol. The molecule has 2 rings (SSSR count). The zero-order valence-corrected chi connectivity index (χ0v) is 11.3. The molecule has 1 amide bonds. The second-order valence-corrected chi connectivity index (χ2v) is 4.86. The van der Waals surface area contributed by atoms with Crippen LogP contribution in [0.15, 0.2) is 6.33 Å². The number of piperidine rings is 1. The third-order valence-corrected chi connectivity index (χ3v) is 3.41. The molecule has 0 spiro atoms. The molecular formula is C12H21N5O2. The summed E-state index contributed by atoms with van der Waals surface area (Å²) in [6.45, 7) is 3.86. The number of aromatic nitrogens is 3. The largest absolute Gasteiger partial charge is 0.385 e. The third-order valence-electron chi connectivity index (χ3n) is 3.41. The van der Waals surface area contributed by atoms with Crippen LogP contribution in [-0.4, -0.2) is 58.9 Å². The van der Waals surface area contributed by atoms with Crippen molar-refractivity contribution >= 4 is 5.91 Å². The summed E-state index contributed by atoms with van der Waals surface area (Å²) in [5, 5.41) is 4.14. The predicted octanol–water partition coefficient (Wildman–Crippen LogP) is 0.0504. The number of methoxy groups -OCH3 is 1. The summed E-state index contributed by atoms with van der Waals surface area (Å²) in [7, 11) is 1.72. The van der Waals surface area contributed by atoms with Gasteiger partial charge in [0, 0.05) is 26.8 Å². The summed E-state index contributed by atoms with van der Waals surface area (Å²) in [4.78, 5) is 17.3. The summed E-state index contributed by atoms with van der Waals surface area (Å²) >= 11 is 0. The average Bonchev–Trinajstić information content (AvgIpc) is 2.89. The highest BCUT2D eigenvalue weighted by atomic mass is 16.5. The molecule has 7 heteroatoms. The molecule has 7 nitrogen and oxygen atoms in total. The van der Waals surface area contributed by atoms with Crippen molar-refractivity contribution in [2.24, 2.45) is 5.73 Å². The summed E-state index contributed by atoms with van der Waals surface area (Å²) in [6, 6.07) is 0.275.